The molecule has 1 atom stereocenters. The third kappa shape index (κ3) is 8.20. The summed E-state index contributed by atoms with van der Waals surface area (Å²) in [6, 6.07) is 10.9. The first kappa shape index (κ1) is 18.1. The fourth-order valence-electron chi connectivity index (χ4n) is 2.58. The largest absolute Gasteiger partial charge is 0.394 e. The van der Waals surface area contributed by atoms with Crippen molar-refractivity contribution < 1.29 is 9.84 Å². The summed E-state index contributed by atoms with van der Waals surface area (Å²) in [5.41, 5.74) is 1.18. The van der Waals surface area contributed by atoms with Crippen LogP contribution in [-0.4, -0.2) is 36.5 Å². The van der Waals surface area contributed by atoms with Crippen molar-refractivity contribution in [1.82, 2.24) is 5.32 Å². The van der Waals surface area contributed by atoms with Gasteiger partial charge in [0.1, 0.15) is 0 Å². The molecular formula is C18H31NO2. The van der Waals surface area contributed by atoms with E-state index < -0.39 is 0 Å². The first-order chi connectivity index (χ1) is 10.1. The topological polar surface area (TPSA) is 41.5 Å². The van der Waals surface area contributed by atoms with Crippen molar-refractivity contribution >= 4 is 0 Å². The Kier molecular flexibility index (Phi) is 8.58. The second-order valence-electron chi connectivity index (χ2n) is 6.32. The molecule has 0 heterocycles. The zero-order valence-electron chi connectivity index (χ0n) is 13.8. The van der Waals surface area contributed by atoms with E-state index in [0.29, 0.717) is 6.04 Å². The molecule has 2 N–H and O–H groups in total. The standard InChI is InChI=1S/C18H31NO2/c1-16(2)19-18(3,15-20)12-8-14-21-13-7-11-17-9-5-4-6-10-17/h4-6,9-10,16,19-20H,7-8,11-15H2,1-3H3. The highest BCUT2D eigenvalue weighted by Gasteiger charge is 2.22. The molecule has 1 aromatic carbocycles. The van der Waals surface area contributed by atoms with Gasteiger partial charge in [-0.15, -0.1) is 0 Å². The SMILES string of the molecule is CC(C)NC(C)(CO)CCCOCCCc1ccccc1. The molecule has 0 saturated carbocycles. The van der Waals surface area contributed by atoms with Gasteiger partial charge in [-0.1, -0.05) is 44.2 Å². The molecule has 120 valence electrons. The zero-order chi connectivity index (χ0) is 15.6. The average molecular weight is 293 g/mol. The highest BCUT2D eigenvalue weighted by Crippen LogP contribution is 2.13. The maximum absolute atomic E-state index is 9.50. The molecule has 3 heteroatoms. The van der Waals surface area contributed by atoms with E-state index in [1.165, 1.54) is 5.56 Å². The van der Waals surface area contributed by atoms with Crippen LogP contribution in [-0.2, 0) is 11.2 Å². The van der Waals surface area contributed by atoms with Crippen LogP contribution < -0.4 is 5.32 Å². The molecule has 0 spiro atoms. The van der Waals surface area contributed by atoms with Gasteiger partial charge >= 0.3 is 0 Å². The van der Waals surface area contributed by atoms with Gasteiger partial charge in [-0.2, -0.15) is 0 Å². The van der Waals surface area contributed by atoms with Crippen LogP contribution in [0.1, 0.15) is 45.6 Å². The van der Waals surface area contributed by atoms with Crippen molar-refractivity contribution in [3.05, 3.63) is 35.9 Å². The Morgan fingerprint density at radius 2 is 1.81 bits per heavy atom. The molecule has 1 rings (SSSR count). The maximum atomic E-state index is 9.50. The predicted octanol–water partition coefficient (Wildman–Crippen LogP) is 3.17. The van der Waals surface area contributed by atoms with Crippen molar-refractivity contribution in [2.75, 3.05) is 19.8 Å². The molecule has 1 aromatic rings. The fraction of sp³-hybridized carbons (Fsp3) is 0.667. The number of aryl methyl sites for hydroxylation is 1. The summed E-state index contributed by atoms with van der Waals surface area (Å²) in [7, 11) is 0. The quantitative estimate of drug-likeness (QED) is 0.616. The Labute approximate surface area is 129 Å². The van der Waals surface area contributed by atoms with Gasteiger partial charge in [-0.25, -0.2) is 0 Å². The average Bonchev–Trinajstić information content (AvgIpc) is 2.46. The lowest BCUT2D eigenvalue weighted by atomic mass is 9.96. The number of aliphatic hydroxyl groups is 1. The minimum absolute atomic E-state index is 0.166. The van der Waals surface area contributed by atoms with E-state index >= 15 is 0 Å². The Morgan fingerprint density at radius 1 is 1.14 bits per heavy atom. The van der Waals surface area contributed by atoms with Gasteiger partial charge in [0.15, 0.2) is 0 Å². The van der Waals surface area contributed by atoms with E-state index in [1.807, 2.05) is 6.07 Å². The summed E-state index contributed by atoms with van der Waals surface area (Å²) in [4.78, 5) is 0. The highest BCUT2D eigenvalue weighted by atomic mass is 16.5. The Bertz CT molecular complexity index is 367. The number of hydrogen-bond donors (Lipinski definition) is 2. The van der Waals surface area contributed by atoms with E-state index in [2.05, 4.69) is 50.4 Å². The van der Waals surface area contributed by atoms with E-state index in [9.17, 15) is 5.11 Å². The molecule has 0 saturated heterocycles. The van der Waals surface area contributed by atoms with E-state index in [4.69, 9.17) is 4.74 Å². The number of aliphatic hydroxyl groups excluding tert-OH is 1. The van der Waals surface area contributed by atoms with Gasteiger partial charge in [0, 0.05) is 24.8 Å². The lowest BCUT2D eigenvalue weighted by molar-refractivity contribution is 0.106. The molecule has 3 nitrogen and oxygen atoms in total. The summed E-state index contributed by atoms with van der Waals surface area (Å²) in [5, 5.41) is 12.9. The van der Waals surface area contributed by atoms with Crippen molar-refractivity contribution in [1.29, 1.82) is 0 Å². The third-order valence-corrected chi connectivity index (χ3v) is 3.60. The number of ether oxygens (including phenoxy) is 1. The normalized spacial score (nSPS) is 14.3. The Balaban J connectivity index is 2.06. The second kappa shape index (κ2) is 9.93. The monoisotopic (exact) mass is 293 g/mol. The van der Waals surface area contributed by atoms with Gasteiger partial charge in [-0.05, 0) is 38.2 Å². The van der Waals surface area contributed by atoms with E-state index in [0.717, 1.165) is 38.9 Å². The number of hydrogen-bond acceptors (Lipinski definition) is 3. The molecule has 0 bridgehead atoms. The molecule has 0 aliphatic carbocycles. The lowest BCUT2D eigenvalue weighted by Gasteiger charge is -2.31. The molecule has 0 aliphatic rings. The first-order valence-electron chi connectivity index (χ1n) is 8.06. The molecule has 0 aromatic heterocycles. The van der Waals surface area contributed by atoms with E-state index in [1.54, 1.807) is 0 Å². The highest BCUT2D eigenvalue weighted by molar-refractivity contribution is 5.14. The molecule has 0 radical (unpaired) electrons. The van der Waals surface area contributed by atoms with Crippen LogP contribution in [0, 0.1) is 0 Å². The molecule has 1 unspecified atom stereocenters. The van der Waals surface area contributed by atoms with Gasteiger partial charge in [0.05, 0.1) is 6.61 Å². The minimum Gasteiger partial charge on any atom is -0.394 e. The fourth-order valence-corrected chi connectivity index (χ4v) is 2.58. The van der Waals surface area contributed by atoms with Gasteiger partial charge in [0.25, 0.3) is 0 Å². The molecule has 0 fully saturated rings. The van der Waals surface area contributed by atoms with E-state index in [-0.39, 0.29) is 12.1 Å². The molecule has 21 heavy (non-hydrogen) atoms. The van der Waals surface area contributed by atoms with Crippen LogP contribution in [0.15, 0.2) is 30.3 Å². The van der Waals surface area contributed by atoms with Crippen molar-refractivity contribution in [2.24, 2.45) is 0 Å². The number of nitrogens with one attached hydrogen (secondary N) is 1. The van der Waals surface area contributed by atoms with Crippen LogP contribution in [0.3, 0.4) is 0 Å². The first-order valence-corrected chi connectivity index (χ1v) is 8.06. The number of benzene rings is 1. The predicted molar refractivity (Wildman–Crippen MR) is 88.6 cm³/mol. The van der Waals surface area contributed by atoms with Gasteiger partial charge in [0.2, 0.25) is 0 Å². The summed E-state index contributed by atoms with van der Waals surface area (Å²) in [6.07, 6.45) is 4.04. The summed E-state index contributed by atoms with van der Waals surface area (Å²) >= 11 is 0. The van der Waals surface area contributed by atoms with Crippen molar-refractivity contribution in [3.63, 3.8) is 0 Å². The van der Waals surface area contributed by atoms with Crippen LogP contribution >= 0.6 is 0 Å². The smallest absolute Gasteiger partial charge is 0.0610 e. The van der Waals surface area contributed by atoms with Crippen LogP contribution in [0.5, 0.6) is 0 Å². The van der Waals surface area contributed by atoms with Gasteiger partial charge < -0.3 is 15.2 Å². The minimum atomic E-state index is -0.193. The Morgan fingerprint density at radius 3 is 2.43 bits per heavy atom. The summed E-state index contributed by atoms with van der Waals surface area (Å²) < 4.78 is 5.69. The summed E-state index contributed by atoms with van der Waals surface area (Å²) in [5.74, 6) is 0. The van der Waals surface area contributed by atoms with Gasteiger partial charge in [-0.3, -0.25) is 0 Å². The maximum Gasteiger partial charge on any atom is 0.0610 e. The van der Waals surface area contributed by atoms with Crippen molar-refractivity contribution in [3.8, 4) is 0 Å². The third-order valence-electron chi connectivity index (χ3n) is 3.60. The zero-order valence-corrected chi connectivity index (χ0v) is 13.8. The second-order valence-corrected chi connectivity index (χ2v) is 6.32. The van der Waals surface area contributed by atoms with Crippen molar-refractivity contribution in [2.45, 2.75) is 58.0 Å². The molecule has 0 amide bonds. The lowest BCUT2D eigenvalue weighted by Crippen LogP contribution is -2.49. The summed E-state index contributed by atoms with van der Waals surface area (Å²) in [6.45, 7) is 8.02. The molecular weight excluding hydrogens is 262 g/mol. The molecule has 0 aliphatic heterocycles. The Hall–Kier alpha value is -0.900. The van der Waals surface area contributed by atoms with Crippen LogP contribution in [0.25, 0.3) is 0 Å². The number of rotatable bonds is 11. The van der Waals surface area contributed by atoms with Crippen LogP contribution in [0.2, 0.25) is 0 Å². The van der Waals surface area contributed by atoms with Crippen LogP contribution in [0.4, 0.5) is 0 Å².